The van der Waals surface area contributed by atoms with E-state index < -0.39 is 0 Å². The van der Waals surface area contributed by atoms with Gasteiger partial charge in [0.15, 0.2) is 0 Å². The van der Waals surface area contributed by atoms with Gasteiger partial charge in [0, 0.05) is 8.04 Å². The molecular formula is C14H10Br2ClIO. The molecule has 0 spiro atoms. The highest BCUT2D eigenvalue weighted by molar-refractivity contribution is 14.1. The van der Waals surface area contributed by atoms with E-state index in [-0.39, 0.29) is 4.83 Å². The maximum absolute atomic E-state index is 6.17. The highest BCUT2D eigenvalue weighted by Crippen LogP contribution is 2.38. The Labute approximate surface area is 148 Å². The monoisotopic (exact) mass is 514 g/mol. The largest absolute Gasteiger partial charge is 0.497 e. The van der Waals surface area contributed by atoms with Crippen molar-refractivity contribution in [2.45, 2.75) is 4.83 Å². The first-order valence-corrected chi connectivity index (χ1v) is 8.62. The van der Waals surface area contributed by atoms with Gasteiger partial charge in [0.05, 0.1) is 17.0 Å². The van der Waals surface area contributed by atoms with Gasteiger partial charge in [-0.2, -0.15) is 0 Å². The third kappa shape index (κ3) is 3.65. The predicted octanol–water partition coefficient (Wildman–Crippen LogP) is 6.20. The Morgan fingerprint density at radius 2 is 1.95 bits per heavy atom. The molecule has 0 saturated carbocycles. The van der Waals surface area contributed by atoms with Crippen LogP contribution in [0.4, 0.5) is 0 Å². The van der Waals surface area contributed by atoms with Crippen LogP contribution in [0.5, 0.6) is 5.75 Å². The molecule has 0 amide bonds. The molecule has 0 aliphatic heterocycles. The van der Waals surface area contributed by atoms with Crippen LogP contribution in [0.2, 0.25) is 5.02 Å². The Balaban J connectivity index is 2.38. The van der Waals surface area contributed by atoms with Crippen molar-refractivity contribution in [1.29, 1.82) is 0 Å². The van der Waals surface area contributed by atoms with E-state index in [1.165, 1.54) is 0 Å². The molecule has 0 aliphatic rings. The number of hydrogen-bond donors (Lipinski definition) is 0. The fourth-order valence-corrected chi connectivity index (χ4v) is 3.79. The normalized spacial score (nSPS) is 12.3. The lowest BCUT2D eigenvalue weighted by atomic mass is 10.0. The molecule has 0 bridgehead atoms. The van der Waals surface area contributed by atoms with Crippen molar-refractivity contribution in [1.82, 2.24) is 0 Å². The Kier molecular flexibility index (Phi) is 5.57. The molecule has 5 heteroatoms. The number of rotatable bonds is 3. The van der Waals surface area contributed by atoms with Crippen molar-refractivity contribution in [2.24, 2.45) is 0 Å². The fourth-order valence-electron chi connectivity index (χ4n) is 1.69. The van der Waals surface area contributed by atoms with Crippen LogP contribution >= 0.6 is 66.1 Å². The zero-order chi connectivity index (χ0) is 14.0. The van der Waals surface area contributed by atoms with E-state index in [2.05, 4.69) is 60.5 Å². The summed E-state index contributed by atoms with van der Waals surface area (Å²) in [4.78, 5) is 0.0854. The fraction of sp³-hybridized carbons (Fsp3) is 0.143. The molecule has 0 fully saturated rings. The maximum Gasteiger partial charge on any atom is 0.120 e. The second kappa shape index (κ2) is 6.78. The van der Waals surface area contributed by atoms with E-state index in [9.17, 15) is 0 Å². The van der Waals surface area contributed by atoms with Crippen molar-refractivity contribution in [3.8, 4) is 5.75 Å². The van der Waals surface area contributed by atoms with Gasteiger partial charge in [-0.1, -0.05) is 55.6 Å². The average molecular weight is 516 g/mol. The zero-order valence-electron chi connectivity index (χ0n) is 9.96. The summed E-state index contributed by atoms with van der Waals surface area (Å²) in [6.45, 7) is 0. The molecule has 19 heavy (non-hydrogen) atoms. The lowest BCUT2D eigenvalue weighted by Gasteiger charge is -2.14. The third-order valence-electron chi connectivity index (χ3n) is 2.72. The van der Waals surface area contributed by atoms with Gasteiger partial charge in [-0.3, -0.25) is 0 Å². The molecule has 0 aromatic heterocycles. The minimum atomic E-state index is 0.0854. The molecule has 0 saturated heterocycles. The summed E-state index contributed by atoms with van der Waals surface area (Å²) in [7, 11) is 1.66. The number of ether oxygens (including phenoxy) is 1. The maximum atomic E-state index is 6.17. The van der Waals surface area contributed by atoms with E-state index >= 15 is 0 Å². The highest BCUT2D eigenvalue weighted by Gasteiger charge is 2.15. The molecule has 0 aliphatic carbocycles. The smallest absolute Gasteiger partial charge is 0.120 e. The van der Waals surface area contributed by atoms with Crippen LogP contribution in [0.3, 0.4) is 0 Å². The second-order valence-electron chi connectivity index (χ2n) is 3.92. The molecule has 0 radical (unpaired) electrons. The number of benzene rings is 2. The summed E-state index contributed by atoms with van der Waals surface area (Å²) in [5.41, 5.74) is 2.26. The SMILES string of the molecule is COc1ccc(C(Br)c2ccc(I)c(Cl)c2)c(Br)c1. The van der Waals surface area contributed by atoms with Crippen molar-refractivity contribution < 1.29 is 4.74 Å². The van der Waals surface area contributed by atoms with Gasteiger partial charge in [-0.15, -0.1) is 0 Å². The van der Waals surface area contributed by atoms with Crippen LogP contribution in [0.15, 0.2) is 40.9 Å². The number of methoxy groups -OCH3 is 1. The first-order chi connectivity index (χ1) is 9.02. The summed E-state index contributed by atoms with van der Waals surface area (Å²) in [5, 5.41) is 0.771. The summed E-state index contributed by atoms with van der Waals surface area (Å²) < 4.78 is 7.26. The molecule has 2 rings (SSSR count). The third-order valence-corrected chi connectivity index (χ3v) is 6.00. The molecular weight excluding hydrogens is 506 g/mol. The Morgan fingerprint density at radius 3 is 2.53 bits per heavy atom. The lowest BCUT2D eigenvalue weighted by molar-refractivity contribution is 0.414. The van der Waals surface area contributed by atoms with E-state index in [0.29, 0.717) is 0 Å². The minimum Gasteiger partial charge on any atom is -0.497 e. The van der Waals surface area contributed by atoms with E-state index in [0.717, 1.165) is 29.9 Å². The molecule has 2 aromatic rings. The van der Waals surface area contributed by atoms with Gasteiger partial charge in [0.2, 0.25) is 0 Å². The first-order valence-electron chi connectivity index (χ1n) is 5.45. The quantitative estimate of drug-likeness (QED) is 0.349. The summed E-state index contributed by atoms with van der Waals surface area (Å²) >= 11 is 15.7. The van der Waals surface area contributed by atoms with Crippen LogP contribution in [0.1, 0.15) is 16.0 Å². The molecule has 0 N–H and O–H groups in total. The van der Waals surface area contributed by atoms with E-state index in [4.69, 9.17) is 16.3 Å². The van der Waals surface area contributed by atoms with Crippen LogP contribution < -0.4 is 4.74 Å². The molecule has 1 atom stereocenters. The summed E-state index contributed by atoms with van der Waals surface area (Å²) in [5.74, 6) is 0.830. The standard InChI is InChI=1S/C14H10Br2ClIO/c1-19-9-3-4-10(11(15)7-9)14(16)8-2-5-13(18)12(17)6-8/h2-7,14H,1H3. The Bertz CT molecular complexity index is 604. The van der Waals surface area contributed by atoms with Crippen LogP contribution in [-0.4, -0.2) is 7.11 Å². The lowest BCUT2D eigenvalue weighted by Crippen LogP contribution is -1.95. The van der Waals surface area contributed by atoms with Gasteiger partial charge in [0.25, 0.3) is 0 Å². The van der Waals surface area contributed by atoms with Gasteiger partial charge in [0.1, 0.15) is 5.75 Å². The molecule has 2 aromatic carbocycles. The first kappa shape index (κ1) is 15.6. The molecule has 1 unspecified atom stereocenters. The van der Waals surface area contributed by atoms with Gasteiger partial charge >= 0.3 is 0 Å². The number of hydrogen-bond acceptors (Lipinski definition) is 1. The van der Waals surface area contributed by atoms with Crippen molar-refractivity contribution >= 4 is 66.1 Å². The highest BCUT2D eigenvalue weighted by atomic mass is 127. The molecule has 0 heterocycles. The van der Waals surface area contributed by atoms with Crippen LogP contribution in [0.25, 0.3) is 0 Å². The second-order valence-corrected chi connectivity index (χ2v) is 7.26. The van der Waals surface area contributed by atoms with Crippen LogP contribution in [0, 0.1) is 3.57 Å². The number of alkyl halides is 1. The molecule has 100 valence electrons. The summed E-state index contributed by atoms with van der Waals surface area (Å²) in [6.07, 6.45) is 0. The summed E-state index contributed by atoms with van der Waals surface area (Å²) in [6, 6.07) is 12.0. The van der Waals surface area contributed by atoms with Gasteiger partial charge in [-0.05, 0) is 58.0 Å². The van der Waals surface area contributed by atoms with E-state index in [1.807, 2.05) is 30.3 Å². The van der Waals surface area contributed by atoms with Crippen molar-refractivity contribution in [3.63, 3.8) is 0 Å². The average Bonchev–Trinajstić information content (AvgIpc) is 2.41. The number of halogens is 4. The molecule has 1 nitrogen and oxygen atoms in total. The Morgan fingerprint density at radius 1 is 1.21 bits per heavy atom. The van der Waals surface area contributed by atoms with Crippen molar-refractivity contribution in [3.05, 3.63) is 60.6 Å². The Hall–Kier alpha value is 0.220. The predicted molar refractivity (Wildman–Crippen MR) is 95.6 cm³/mol. The topological polar surface area (TPSA) is 9.23 Å². The van der Waals surface area contributed by atoms with Gasteiger partial charge in [-0.25, -0.2) is 0 Å². The minimum absolute atomic E-state index is 0.0854. The van der Waals surface area contributed by atoms with Crippen molar-refractivity contribution in [2.75, 3.05) is 7.11 Å². The van der Waals surface area contributed by atoms with Gasteiger partial charge < -0.3 is 4.74 Å². The van der Waals surface area contributed by atoms with E-state index in [1.54, 1.807) is 7.11 Å². The van der Waals surface area contributed by atoms with Crippen LogP contribution in [-0.2, 0) is 0 Å². The zero-order valence-corrected chi connectivity index (χ0v) is 16.0.